The van der Waals surface area contributed by atoms with E-state index in [1.54, 1.807) is 11.8 Å². The van der Waals surface area contributed by atoms with Crippen LogP contribution in [-0.2, 0) is 4.79 Å². The highest BCUT2D eigenvalue weighted by molar-refractivity contribution is 9.10. The molecular weight excluding hydrogens is 346 g/mol. The van der Waals surface area contributed by atoms with Crippen molar-refractivity contribution >= 4 is 34.1 Å². The van der Waals surface area contributed by atoms with Gasteiger partial charge in [-0.05, 0) is 57.9 Å². The normalized spacial score (nSPS) is 14.4. The summed E-state index contributed by atoms with van der Waals surface area (Å²) in [7, 11) is 0. The Morgan fingerprint density at radius 3 is 2.52 bits per heavy atom. The Labute approximate surface area is 140 Å². The number of benzene rings is 1. The van der Waals surface area contributed by atoms with Crippen LogP contribution in [-0.4, -0.2) is 11.3 Å². The number of allylic oxidation sites excluding steroid dienone is 3. The maximum atomic E-state index is 10.9. The molecule has 0 fully saturated rings. The summed E-state index contributed by atoms with van der Waals surface area (Å²) < 4.78 is 1.05. The lowest BCUT2D eigenvalue weighted by Gasteiger charge is -2.28. The van der Waals surface area contributed by atoms with Gasteiger partial charge in [-0.3, -0.25) is 4.79 Å². The SMILES string of the molecule is C=C(C)/C=C(/C)CCC(C)(NC=O)Sc1ccc(Br)cc1. The van der Waals surface area contributed by atoms with Gasteiger partial charge in [0.2, 0.25) is 6.41 Å². The van der Waals surface area contributed by atoms with Crippen molar-refractivity contribution in [1.82, 2.24) is 5.32 Å². The molecule has 1 aromatic rings. The minimum absolute atomic E-state index is 0.320. The van der Waals surface area contributed by atoms with Gasteiger partial charge < -0.3 is 5.32 Å². The number of thioether (sulfide) groups is 1. The summed E-state index contributed by atoms with van der Waals surface area (Å²) in [6.45, 7) is 10.0. The van der Waals surface area contributed by atoms with Crippen molar-refractivity contribution in [1.29, 1.82) is 0 Å². The summed E-state index contributed by atoms with van der Waals surface area (Å²) in [6.07, 6.45) is 4.66. The second-order valence-corrected chi connectivity index (χ2v) is 7.88. The number of carbonyl (C=O) groups excluding carboxylic acids is 1. The van der Waals surface area contributed by atoms with Gasteiger partial charge in [0.15, 0.2) is 0 Å². The molecule has 0 saturated heterocycles. The largest absolute Gasteiger partial charge is 0.344 e. The molecule has 0 saturated carbocycles. The summed E-state index contributed by atoms with van der Waals surface area (Å²) in [5.41, 5.74) is 2.33. The van der Waals surface area contributed by atoms with Gasteiger partial charge in [-0.2, -0.15) is 0 Å². The van der Waals surface area contributed by atoms with Crippen molar-refractivity contribution < 1.29 is 4.79 Å². The lowest BCUT2D eigenvalue weighted by molar-refractivity contribution is -0.110. The zero-order chi connectivity index (χ0) is 15.9. The van der Waals surface area contributed by atoms with Crippen molar-refractivity contribution in [3.05, 3.63) is 52.5 Å². The highest BCUT2D eigenvalue weighted by Crippen LogP contribution is 2.35. The first kappa shape index (κ1) is 18.1. The fraction of sp³-hybridized carbons (Fsp3) is 0.353. The zero-order valence-corrected chi connectivity index (χ0v) is 15.2. The predicted molar refractivity (Wildman–Crippen MR) is 95.4 cm³/mol. The molecule has 0 aromatic heterocycles. The minimum Gasteiger partial charge on any atom is -0.344 e. The Morgan fingerprint density at radius 2 is 2.00 bits per heavy atom. The number of rotatable bonds is 8. The van der Waals surface area contributed by atoms with Crippen LogP contribution in [0.2, 0.25) is 0 Å². The Bertz CT molecular complexity index is 524. The number of nitrogens with one attached hydrogen (secondary N) is 1. The molecule has 0 spiro atoms. The number of hydrogen-bond acceptors (Lipinski definition) is 2. The maximum absolute atomic E-state index is 10.9. The van der Waals surface area contributed by atoms with Crippen LogP contribution in [0.5, 0.6) is 0 Å². The van der Waals surface area contributed by atoms with Gasteiger partial charge in [0, 0.05) is 9.37 Å². The van der Waals surface area contributed by atoms with E-state index in [9.17, 15) is 4.79 Å². The second-order valence-electron chi connectivity index (χ2n) is 5.39. The van der Waals surface area contributed by atoms with E-state index in [0.717, 1.165) is 34.2 Å². The minimum atomic E-state index is -0.320. The standard InChI is InChI=1S/C17H22BrNOS/c1-13(2)11-14(3)9-10-17(4,19-12-20)21-16-7-5-15(18)6-8-16/h5-8,11-12H,1,9-10H2,2-4H3,(H,19,20)/b14-11-. The van der Waals surface area contributed by atoms with E-state index in [1.165, 1.54) is 5.57 Å². The van der Waals surface area contributed by atoms with Crippen LogP contribution in [0, 0.1) is 0 Å². The average Bonchev–Trinajstić information content (AvgIpc) is 2.39. The van der Waals surface area contributed by atoms with Crippen molar-refractivity contribution in [2.24, 2.45) is 0 Å². The molecule has 0 bridgehead atoms. The lowest BCUT2D eigenvalue weighted by atomic mass is 10.1. The Hall–Kier alpha value is -1.00. The molecule has 0 aliphatic heterocycles. The summed E-state index contributed by atoms with van der Waals surface area (Å²) in [5, 5.41) is 2.95. The topological polar surface area (TPSA) is 29.1 Å². The Morgan fingerprint density at radius 1 is 1.38 bits per heavy atom. The number of amides is 1. The van der Waals surface area contributed by atoms with Gasteiger partial charge in [0.1, 0.15) is 0 Å². The summed E-state index contributed by atoms with van der Waals surface area (Å²) in [4.78, 5) is 11.7. The second kappa shape index (κ2) is 8.44. The third kappa shape index (κ3) is 7.00. The molecule has 0 aliphatic carbocycles. The van der Waals surface area contributed by atoms with Crippen LogP contribution in [0.15, 0.2) is 57.4 Å². The van der Waals surface area contributed by atoms with Crippen molar-refractivity contribution in [2.75, 3.05) is 0 Å². The maximum Gasteiger partial charge on any atom is 0.208 e. The van der Waals surface area contributed by atoms with Gasteiger partial charge in [0.05, 0.1) is 4.87 Å². The van der Waals surface area contributed by atoms with Crippen molar-refractivity contribution in [3.8, 4) is 0 Å². The number of halogens is 1. The van der Waals surface area contributed by atoms with E-state index in [4.69, 9.17) is 0 Å². The van der Waals surface area contributed by atoms with E-state index >= 15 is 0 Å². The van der Waals surface area contributed by atoms with Crippen LogP contribution < -0.4 is 5.32 Å². The molecule has 1 unspecified atom stereocenters. The third-order valence-electron chi connectivity index (χ3n) is 3.01. The molecule has 0 heterocycles. The molecule has 114 valence electrons. The molecule has 21 heavy (non-hydrogen) atoms. The molecule has 0 radical (unpaired) electrons. The predicted octanol–water partition coefficient (Wildman–Crippen LogP) is 5.31. The first-order chi connectivity index (χ1) is 9.84. The van der Waals surface area contributed by atoms with Crippen LogP contribution in [0.1, 0.15) is 33.6 Å². The Kier molecular flexibility index (Phi) is 7.26. The van der Waals surface area contributed by atoms with Crippen LogP contribution in [0.25, 0.3) is 0 Å². The quantitative estimate of drug-likeness (QED) is 0.292. The van der Waals surface area contributed by atoms with E-state index in [0.29, 0.717) is 0 Å². The highest BCUT2D eigenvalue weighted by Gasteiger charge is 2.24. The lowest BCUT2D eigenvalue weighted by Crippen LogP contribution is -2.38. The van der Waals surface area contributed by atoms with Gasteiger partial charge in [0.25, 0.3) is 0 Å². The molecule has 2 nitrogen and oxygen atoms in total. The van der Waals surface area contributed by atoms with Crippen LogP contribution >= 0.6 is 27.7 Å². The fourth-order valence-electron chi connectivity index (χ4n) is 1.97. The summed E-state index contributed by atoms with van der Waals surface area (Å²) in [6, 6.07) is 8.12. The smallest absolute Gasteiger partial charge is 0.208 e. The molecule has 1 amide bonds. The van der Waals surface area contributed by atoms with Crippen molar-refractivity contribution in [2.45, 2.75) is 43.4 Å². The monoisotopic (exact) mass is 367 g/mol. The van der Waals surface area contributed by atoms with Crippen LogP contribution in [0.4, 0.5) is 0 Å². The van der Waals surface area contributed by atoms with E-state index in [-0.39, 0.29) is 4.87 Å². The molecule has 1 rings (SSSR count). The first-order valence-corrected chi connectivity index (χ1v) is 8.44. The van der Waals surface area contributed by atoms with Crippen LogP contribution in [0.3, 0.4) is 0 Å². The average molecular weight is 368 g/mol. The van der Waals surface area contributed by atoms with E-state index < -0.39 is 0 Å². The number of carbonyl (C=O) groups is 1. The summed E-state index contributed by atoms with van der Waals surface area (Å²) in [5.74, 6) is 0. The molecular formula is C17H22BrNOS. The molecule has 1 aromatic carbocycles. The Balaban J connectivity index is 2.75. The number of hydrogen-bond donors (Lipinski definition) is 1. The summed E-state index contributed by atoms with van der Waals surface area (Å²) >= 11 is 5.10. The van der Waals surface area contributed by atoms with Gasteiger partial charge in [-0.15, -0.1) is 0 Å². The van der Waals surface area contributed by atoms with Crippen molar-refractivity contribution in [3.63, 3.8) is 0 Å². The zero-order valence-electron chi connectivity index (χ0n) is 12.8. The third-order valence-corrected chi connectivity index (χ3v) is 4.82. The highest BCUT2D eigenvalue weighted by atomic mass is 79.9. The van der Waals surface area contributed by atoms with Gasteiger partial charge in [-0.1, -0.05) is 51.5 Å². The molecule has 1 atom stereocenters. The van der Waals surface area contributed by atoms with Gasteiger partial charge >= 0.3 is 0 Å². The van der Waals surface area contributed by atoms with Gasteiger partial charge in [-0.25, -0.2) is 0 Å². The van der Waals surface area contributed by atoms with E-state index in [2.05, 4.69) is 59.9 Å². The molecule has 4 heteroatoms. The van der Waals surface area contributed by atoms with E-state index in [1.807, 2.05) is 19.1 Å². The molecule has 1 N–H and O–H groups in total. The first-order valence-electron chi connectivity index (χ1n) is 6.83. The fourth-order valence-corrected chi connectivity index (χ4v) is 3.34. The molecule has 0 aliphatic rings.